The Balaban J connectivity index is 1.62. The van der Waals surface area contributed by atoms with Crippen molar-refractivity contribution >= 4 is 23.2 Å². The number of imide groups is 1. The van der Waals surface area contributed by atoms with E-state index in [1.165, 1.54) is 7.11 Å². The molecule has 0 aliphatic carbocycles. The molecule has 0 unspecified atom stereocenters. The molecule has 2 fully saturated rings. The molecule has 0 aromatic heterocycles. The van der Waals surface area contributed by atoms with E-state index in [4.69, 9.17) is 9.57 Å². The number of hydrogen-bond acceptors (Lipinski definition) is 6. The van der Waals surface area contributed by atoms with Gasteiger partial charge in [-0.15, -0.1) is 0 Å². The Labute approximate surface area is 179 Å². The number of nitrogens with zero attached hydrogens (tertiary/aromatic N) is 2. The van der Waals surface area contributed by atoms with E-state index in [9.17, 15) is 14.7 Å². The summed E-state index contributed by atoms with van der Waals surface area (Å²) in [4.78, 5) is 34.1. The van der Waals surface area contributed by atoms with E-state index in [1.54, 1.807) is 53.6 Å². The van der Waals surface area contributed by atoms with Crippen LogP contribution in [0.4, 0.5) is 11.4 Å². The van der Waals surface area contributed by atoms with Crippen LogP contribution in [0.3, 0.4) is 0 Å². The Hall–Kier alpha value is -3.84. The molecule has 7 heteroatoms. The number of hydrogen-bond donors (Lipinski definition) is 1. The molecule has 2 saturated heterocycles. The fourth-order valence-corrected chi connectivity index (χ4v) is 4.32. The molecule has 2 aliphatic rings. The number of phenolic OH excluding ortho intramolecular Hbond substituents is 1. The standard InChI is InChI=1S/C24H20N2O5/c1-30-19-14-8-6-12-17(19)25-23(28)20-21(16-11-5-7-13-18(16)27)26(31-22(20)24(25)29)15-9-3-2-4-10-15/h2-14,20-22,27H,1H3/t20-,21+,22+/m1/s1. The Bertz CT molecular complexity index is 1150. The first kappa shape index (κ1) is 19.1. The molecule has 1 N–H and O–H groups in total. The Morgan fingerprint density at radius 3 is 2.29 bits per heavy atom. The normalized spacial score (nSPS) is 22.7. The lowest BCUT2D eigenvalue weighted by Crippen LogP contribution is -2.37. The lowest BCUT2D eigenvalue weighted by atomic mass is 9.90. The van der Waals surface area contributed by atoms with E-state index < -0.39 is 29.9 Å². The van der Waals surface area contributed by atoms with Gasteiger partial charge in [-0.1, -0.05) is 48.5 Å². The minimum Gasteiger partial charge on any atom is -0.508 e. The number of para-hydroxylation sites is 4. The van der Waals surface area contributed by atoms with Gasteiger partial charge in [-0.2, -0.15) is 0 Å². The number of fused-ring (bicyclic) bond motifs is 1. The van der Waals surface area contributed by atoms with Crippen LogP contribution in [-0.4, -0.2) is 30.1 Å². The predicted molar refractivity (Wildman–Crippen MR) is 114 cm³/mol. The van der Waals surface area contributed by atoms with Gasteiger partial charge >= 0.3 is 0 Å². The predicted octanol–water partition coefficient (Wildman–Crippen LogP) is 3.45. The number of carbonyl (C=O) groups is 2. The summed E-state index contributed by atoms with van der Waals surface area (Å²) < 4.78 is 5.36. The monoisotopic (exact) mass is 416 g/mol. The Kier molecular flexibility index (Phi) is 4.60. The minimum absolute atomic E-state index is 0.0358. The van der Waals surface area contributed by atoms with Crippen LogP contribution in [0.5, 0.6) is 11.5 Å². The number of phenols is 1. The summed E-state index contributed by atoms with van der Waals surface area (Å²) in [5, 5.41) is 12.1. The number of methoxy groups -OCH3 is 1. The molecule has 7 nitrogen and oxygen atoms in total. The SMILES string of the molecule is COc1ccccc1N1C(=O)[C@H]2[C@H](ON(c3ccccc3)[C@H]2c2ccccc2O)C1=O. The summed E-state index contributed by atoms with van der Waals surface area (Å²) in [6.07, 6.45) is -1.01. The van der Waals surface area contributed by atoms with Crippen molar-refractivity contribution in [2.45, 2.75) is 12.1 Å². The number of benzene rings is 3. The zero-order chi connectivity index (χ0) is 21.5. The maximum atomic E-state index is 13.6. The van der Waals surface area contributed by atoms with Crippen LogP contribution in [0.15, 0.2) is 78.9 Å². The minimum atomic E-state index is -1.01. The molecule has 31 heavy (non-hydrogen) atoms. The van der Waals surface area contributed by atoms with Gasteiger partial charge < -0.3 is 9.84 Å². The second kappa shape index (κ2) is 7.45. The van der Waals surface area contributed by atoms with Gasteiger partial charge in [0.15, 0.2) is 6.10 Å². The summed E-state index contributed by atoms with van der Waals surface area (Å²) in [6, 6.07) is 22.2. The Morgan fingerprint density at radius 2 is 1.55 bits per heavy atom. The maximum Gasteiger partial charge on any atom is 0.266 e. The Morgan fingerprint density at radius 1 is 0.871 bits per heavy atom. The molecule has 0 bridgehead atoms. The molecule has 156 valence electrons. The van der Waals surface area contributed by atoms with Crippen molar-refractivity contribution in [2.24, 2.45) is 5.92 Å². The zero-order valence-corrected chi connectivity index (χ0v) is 16.7. The maximum absolute atomic E-state index is 13.6. The molecule has 0 spiro atoms. The molecule has 0 radical (unpaired) electrons. The summed E-state index contributed by atoms with van der Waals surface area (Å²) in [6.45, 7) is 0. The van der Waals surface area contributed by atoms with Crippen molar-refractivity contribution in [3.05, 3.63) is 84.4 Å². The zero-order valence-electron chi connectivity index (χ0n) is 16.7. The first-order chi connectivity index (χ1) is 15.1. The molecule has 0 saturated carbocycles. The number of aromatic hydroxyl groups is 1. The number of hydroxylamine groups is 1. The quantitative estimate of drug-likeness (QED) is 0.657. The highest BCUT2D eigenvalue weighted by Gasteiger charge is 2.61. The van der Waals surface area contributed by atoms with Gasteiger partial charge in [0.25, 0.3) is 5.91 Å². The van der Waals surface area contributed by atoms with E-state index in [1.807, 2.05) is 30.3 Å². The molecule has 3 aromatic carbocycles. The van der Waals surface area contributed by atoms with Crippen molar-refractivity contribution in [1.29, 1.82) is 0 Å². The third kappa shape index (κ3) is 2.93. The fourth-order valence-electron chi connectivity index (χ4n) is 4.32. The number of anilines is 2. The largest absolute Gasteiger partial charge is 0.508 e. The average Bonchev–Trinajstić information content (AvgIpc) is 3.31. The highest BCUT2D eigenvalue weighted by Crippen LogP contribution is 2.50. The highest BCUT2D eigenvalue weighted by molar-refractivity contribution is 6.24. The number of ether oxygens (including phenoxy) is 1. The molecule has 2 aliphatic heterocycles. The van der Waals surface area contributed by atoms with Crippen molar-refractivity contribution in [2.75, 3.05) is 17.1 Å². The molecular weight excluding hydrogens is 396 g/mol. The molecule has 5 rings (SSSR count). The number of rotatable bonds is 4. The van der Waals surface area contributed by atoms with Crippen molar-refractivity contribution in [3.8, 4) is 11.5 Å². The van der Waals surface area contributed by atoms with Gasteiger partial charge in [-0.05, 0) is 30.3 Å². The van der Waals surface area contributed by atoms with E-state index in [2.05, 4.69) is 0 Å². The highest BCUT2D eigenvalue weighted by atomic mass is 16.7. The third-order valence-corrected chi connectivity index (χ3v) is 5.71. The molecule has 2 amide bonds. The third-order valence-electron chi connectivity index (χ3n) is 5.71. The summed E-state index contributed by atoms with van der Waals surface area (Å²) >= 11 is 0. The van der Waals surface area contributed by atoms with Crippen molar-refractivity contribution < 1.29 is 24.3 Å². The number of carbonyl (C=O) groups excluding carboxylic acids is 2. The van der Waals surface area contributed by atoms with Gasteiger partial charge in [0.05, 0.1) is 24.5 Å². The van der Waals surface area contributed by atoms with Crippen LogP contribution in [0.2, 0.25) is 0 Å². The second-order valence-corrected chi connectivity index (χ2v) is 7.40. The molecule has 2 heterocycles. The lowest BCUT2D eigenvalue weighted by molar-refractivity contribution is -0.126. The first-order valence-electron chi connectivity index (χ1n) is 9.91. The summed E-state index contributed by atoms with van der Waals surface area (Å²) in [5.74, 6) is -1.23. The van der Waals surface area contributed by atoms with E-state index in [-0.39, 0.29) is 5.75 Å². The number of amides is 2. The van der Waals surface area contributed by atoms with E-state index in [0.717, 1.165) is 4.90 Å². The first-order valence-corrected chi connectivity index (χ1v) is 9.91. The molecular formula is C24H20N2O5. The smallest absolute Gasteiger partial charge is 0.266 e. The van der Waals surface area contributed by atoms with Crippen LogP contribution in [0, 0.1) is 5.92 Å². The van der Waals surface area contributed by atoms with Crippen molar-refractivity contribution in [3.63, 3.8) is 0 Å². The second-order valence-electron chi connectivity index (χ2n) is 7.40. The molecule has 3 aromatic rings. The lowest BCUT2D eigenvalue weighted by Gasteiger charge is -2.29. The average molecular weight is 416 g/mol. The van der Waals surface area contributed by atoms with Crippen molar-refractivity contribution in [1.82, 2.24) is 0 Å². The van der Waals surface area contributed by atoms with Gasteiger partial charge in [0.1, 0.15) is 17.4 Å². The van der Waals surface area contributed by atoms with Crippen LogP contribution >= 0.6 is 0 Å². The van der Waals surface area contributed by atoms with Crippen LogP contribution in [-0.2, 0) is 14.4 Å². The van der Waals surface area contributed by atoms with E-state index in [0.29, 0.717) is 22.7 Å². The van der Waals surface area contributed by atoms with E-state index >= 15 is 0 Å². The van der Waals surface area contributed by atoms with Gasteiger partial charge in [0, 0.05) is 5.56 Å². The molecule has 3 atom stereocenters. The van der Waals surface area contributed by atoms with Crippen LogP contribution in [0.1, 0.15) is 11.6 Å². The fraction of sp³-hybridized carbons (Fsp3) is 0.167. The topological polar surface area (TPSA) is 79.3 Å². The summed E-state index contributed by atoms with van der Waals surface area (Å²) in [5.41, 5.74) is 1.58. The van der Waals surface area contributed by atoms with Crippen LogP contribution in [0.25, 0.3) is 0 Å². The van der Waals surface area contributed by atoms with Gasteiger partial charge in [0.2, 0.25) is 5.91 Å². The van der Waals surface area contributed by atoms with Gasteiger partial charge in [-0.25, -0.2) is 9.96 Å². The van der Waals surface area contributed by atoms with Gasteiger partial charge in [-0.3, -0.25) is 14.4 Å². The van der Waals surface area contributed by atoms with Crippen LogP contribution < -0.4 is 14.7 Å². The summed E-state index contributed by atoms with van der Waals surface area (Å²) in [7, 11) is 1.49.